The lowest BCUT2D eigenvalue weighted by molar-refractivity contribution is -0.129. The maximum Gasteiger partial charge on any atom is 0.223 e. The van der Waals surface area contributed by atoms with Crippen LogP contribution in [0.15, 0.2) is 0 Å². The zero-order valence-electron chi connectivity index (χ0n) is 10.2. The number of nitrogens with zero attached hydrogens (tertiary/aromatic N) is 2. The molecule has 1 rings (SSSR count). The Balaban J connectivity index is 2.15. The summed E-state index contributed by atoms with van der Waals surface area (Å²) in [7, 11) is 1.85. The fourth-order valence-corrected chi connectivity index (χ4v) is 2.33. The molecule has 0 atom stereocenters. The van der Waals surface area contributed by atoms with E-state index in [9.17, 15) is 4.79 Å². The Morgan fingerprint density at radius 1 is 1.38 bits per heavy atom. The molecule has 3 heteroatoms. The van der Waals surface area contributed by atoms with E-state index in [0.29, 0.717) is 12.8 Å². The maximum atomic E-state index is 11.5. The summed E-state index contributed by atoms with van der Waals surface area (Å²) in [6.07, 6.45) is 8.61. The monoisotopic (exact) mass is 222 g/mol. The summed E-state index contributed by atoms with van der Waals surface area (Å²) in [6, 6.07) is 2.01. The summed E-state index contributed by atoms with van der Waals surface area (Å²) < 4.78 is 0. The third kappa shape index (κ3) is 4.65. The molecule has 1 aliphatic carbocycles. The second-order valence-corrected chi connectivity index (χ2v) is 4.77. The van der Waals surface area contributed by atoms with Gasteiger partial charge in [-0.3, -0.25) is 4.79 Å². The lowest BCUT2D eigenvalue weighted by Crippen LogP contribution is -2.29. The number of hydrogen-bond donors (Lipinski definition) is 0. The van der Waals surface area contributed by atoms with Gasteiger partial charge < -0.3 is 4.90 Å². The normalized spacial score (nSPS) is 16.8. The van der Waals surface area contributed by atoms with Gasteiger partial charge in [0.25, 0.3) is 0 Å². The number of hydrogen-bond acceptors (Lipinski definition) is 2. The van der Waals surface area contributed by atoms with Gasteiger partial charge >= 0.3 is 0 Å². The van der Waals surface area contributed by atoms with Gasteiger partial charge in [-0.2, -0.15) is 5.26 Å². The quantitative estimate of drug-likeness (QED) is 0.718. The second-order valence-electron chi connectivity index (χ2n) is 4.77. The van der Waals surface area contributed by atoms with Crippen molar-refractivity contribution in [1.82, 2.24) is 4.90 Å². The number of carbonyl (C=O) groups is 1. The highest BCUT2D eigenvalue weighted by molar-refractivity contribution is 5.76. The highest BCUT2D eigenvalue weighted by Crippen LogP contribution is 2.26. The van der Waals surface area contributed by atoms with Crippen LogP contribution >= 0.6 is 0 Å². The standard InChI is InChI=1S/C13H22N2O/c1-15(13(16)8-5-10-14)11-9-12-6-3-2-4-7-12/h12H,2-9,11H2,1H3. The van der Waals surface area contributed by atoms with Gasteiger partial charge in [0.2, 0.25) is 5.91 Å². The van der Waals surface area contributed by atoms with E-state index in [-0.39, 0.29) is 5.91 Å². The molecule has 3 nitrogen and oxygen atoms in total. The molecule has 0 radical (unpaired) electrons. The molecule has 0 aromatic heterocycles. The molecule has 16 heavy (non-hydrogen) atoms. The Morgan fingerprint density at radius 3 is 2.69 bits per heavy atom. The summed E-state index contributed by atoms with van der Waals surface area (Å²) in [5.41, 5.74) is 0. The molecule has 0 spiro atoms. The molecule has 0 N–H and O–H groups in total. The number of rotatable bonds is 5. The first-order chi connectivity index (χ1) is 7.74. The predicted molar refractivity (Wildman–Crippen MR) is 63.7 cm³/mol. The highest BCUT2D eigenvalue weighted by Gasteiger charge is 2.15. The van der Waals surface area contributed by atoms with E-state index >= 15 is 0 Å². The number of amides is 1. The minimum Gasteiger partial charge on any atom is -0.346 e. The summed E-state index contributed by atoms with van der Waals surface area (Å²) in [6.45, 7) is 0.856. The van der Waals surface area contributed by atoms with E-state index in [1.165, 1.54) is 32.1 Å². The van der Waals surface area contributed by atoms with Gasteiger partial charge in [-0.05, 0) is 12.3 Å². The molecule has 0 heterocycles. The molecule has 0 bridgehead atoms. The Bertz CT molecular complexity index is 251. The van der Waals surface area contributed by atoms with Gasteiger partial charge in [-0.15, -0.1) is 0 Å². The van der Waals surface area contributed by atoms with Crippen LogP contribution in [0.5, 0.6) is 0 Å². The summed E-state index contributed by atoms with van der Waals surface area (Å²) in [4.78, 5) is 13.3. The first kappa shape index (κ1) is 13.0. The number of nitriles is 1. The Morgan fingerprint density at radius 2 is 2.06 bits per heavy atom. The van der Waals surface area contributed by atoms with E-state index in [0.717, 1.165) is 18.9 Å². The largest absolute Gasteiger partial charge is 0.346 e. The fraction of sp³-hybridized carbons (Fsp3) is 0.846. The van der Waals surface area contributed by atoms with Crippen molar-refractivity contribution < 1.29 is 4.79 Å². The third-order valence-electron chi connectivity index (χ3n) is 3.47. The zero-order valence-corrected chi connectivity index (χ0v) is 10.2. The van der Waals surface area contributed by atoms with Crippen molar-refractivity contribution in [2.24, 2.45) is 5.92 Å². The van der Waals surface area contributed by atoms with Gasteiger partial charge in [-0.1, -0.05) is 32.1 Å². The van der Waals surface area contributed by atoms with E-state index in [4.69, 9.17) is 5.26 Å². The van der Waals surface area contributed by atoms with E-state index in [2.05, 4.69) is 0 Å². The molecule has 0 aromatic carbocycles. The van der Waals surface area contributed by atoms with Crippen LogP contribution in [0.3, 0.4) is 0 Å². The van der Waals surface area contributed by atoms with E-state index in [1.54, 1.807) is 4.90 Å². The fourth-order valence-electron chi connectivity index (χ4n) is 2.33. The Hall–Kier alpha value is -1.04. The molecule has 1 aliphatic rings. The highest BCUT2D eigenvalue weighted by atomic mass is 16.2. The molecule has 1 amide bonds. The molecule has 0 saturated heterocycles. The first-order valence-corrected chi connectivity index (χ1v) is 6.35. The van der Waals surface area contributed by atoms with Crippen molar-refractivity contribution in [2.75, 3.05) is 13.6 Å². The van der Waals surface area contributed by atoms with Crippen LogP contribution in [0.4, 0.5) is 0 Å². The van der Waals surface area contributed by atoms with Crippen LogP contribution in [-0.4, -0.2) is 24.4 Å². The minimum atomic E-state index is 0.109. The van der Waals surface area contributed by atoms with Crippen LogP contribution < -0.4 is 0 Å². The second kappa shape index (κ2) is 7.27. The van der Waals surface area contributed by atoms with Crippen molar-refractivity contribution in [3.8, 4) is 6.07 Å². The topological polar surface area (TPSA) is 44.1 Å². The molecule has 0 aliphatic heterocycles. The molecule has 90 valence electrons. The van der Waals surface area contributed by atoms with Crippen LogP contribution in [0.25, 0.3) is 0 Å². The van der Waals surface area contributed by atoms with Crippen LogP contribution in [0.1, 0.15) is 51.4 Å². The average molecular weight is 222 g/mol. The van der Waals surface area contributed by atoms with Crippen LogP contribution in [0.2, 0.25) is 0 Å². The first-order valence-electron chi connectivity index (χ1n) is 6.35. The van der Waals surface area contributed by atoms with Crippen LogP contribution in [-0.2, 0) is 4.79 Å². The Labute approximate surface area is 98.4 Å². The minimum absolute atomic E-state index is 0.109. The van der Waals surface area contributed by atoms with Crippen molar-refractivity contribution in [1.29, 1.82) is 5.26 Å². The molecular weight excluding hydrogens is 200 g/mol. The van der Waals surface area contributed by atoms with E-state index < -0.39 is 0 Å². The summed E-state index contributed by atoms with van der Waals surface area (Å²) in [5.74, 6) is 0.928. The molecule has 1 fully saturated rings. The molecule has 0 unspecified atom stereocenters. The van der Waals surface area contributed by atoms with E-state index in [1.807, 2.05) is 13.1 Å². The van der Waals surface area contributed by atoms with Gasteiger partial charge in [-0.25, -0.2) is 0 Å². The lowest BCUT2D eigenvalue weighted by atomic mass is 9.87. The SMILES string of the molecule is CN(CCC1CCCCC1)C(=O)CCC#N. The summed E-state index contributed by atoms with van der Waals surface area (Å²) in [5, 5.41) is 8.41. The maximum absolute atomic E-state index is 11.5. The molecular formula is C13H22N2O. The number of carbonyl (C=O) groups excluding carboxylic acids is 1. The predicted octanol–water partition coefficient (Wildman–Crippen LogP) is 2.72. The summed E-state index contributed by atoms with van der Waals surface area (Å²) >= 11 is 0. The van der Waals surface area contributed by atoms with Crippen molar-refractivity contribution >= 4 is 5.91 Å². The third-order valence-corrected chi connectivity index (χ3v) is 3.47. The van der Waals surface area contributed by atoms with Gasteiger partial charge in [0.05, 0.1) is 6.07 Å². The van der Waals surface area contributed by atoms with Gasteiger partial charge in [0.1, 0.15) is 0 Å². The van der Waals surface area contributed by atoms with Crippen LogP contribution in [0, 0.1) is 17.2 Å². The average Bonchev–Trinajstić information content (AvgIpc) is 2.34. The van der Waals surface area contributed by atoms with Crippen molar-refractivity contribution in [3.05, 3.63) is 0 Å². The smallest absolute Gasteiger partial charge is 0.223 e. The Kier molecular flexibility index (Phi) is 5.92. The van der Waals surface area contributed by atoms with Gasteiger partial charge in [0.15, 0.2) is 0 Å². The molecule has 1 saturated carbocycles. The van der Waals surface area contributed by atoms with Gasteiger partial charge in [0, 0.05) is 26.4 Å². The molecule has 0 aromatic rings. The van der Waals surface area contributed by atoms with Crippen molar-refractivity contribution in [2.45, 2.75) is 51.4 Å². The lowest BCUT2D eigenvalue weighted by Gasteiger charge is -2.24. The van der Waals surface area contributed by atoms with Crippen molar-refractivity contribution in [3.63, 3.8) is 0 Å². The zero-order chi connectivity index (χ0) is 11.8.